The first-order valence-corrected chi connectivity index (χ1v) is 11.1. The van der Waals surface area contributed by atoms with E-state index >= 15 is 0 Å². The first kappa shape index (κ1) is 20.8. The van der Waals surface area contributed by atoms with Crippen LogP contribution in [0.1, 0.15) is 23.6 Å². The number of methoxy groups -OCH3 is 1. The van der Waals surface area contributed by atoms with Crippen LogP contribution >= 0.6 is 0 Å². The summed E-state index contributed by atoms with van der Waals surface area (Å²) in [5.41, 5.74) is 1.70. The Morgan fingerprint density at radius 3 is 2.38 bits per heavy atom. The van der Waals surface area contributed by atoms with Crippen LogP contribution in [0.5, 0.6) is 5.75 Å². The topological polar surface area (TPSA) is 84.5 Å². The first-order chi connectivity index (χ1) is 13.9. The average Bonchev–Trinajstić information content (AvgIpc) is 2.71. The normalized spacial score (nSPS) is 12.5. The second-order valence-corrected chi connectivity index (χ2v) is 8.61. The second-order valence-electron chi connectivity index (χ2n) is 6.83. The van der Waals surface area contributed by atoms with Gasteiger partial charge >= 0.3 is 0 Å². The average molecular weight is 413 g/mol. The highest BCUT2D eigenvalue weighted by Gasteiger charge is 2.20. The summed E-state index contributed by atoms with van der Waals surface area (Å²) in [5, 5.41) is 5.09. The fourth-order valence-electron chi connectivity index (χ4n) is 3.22. The van der Waals surface area contributed by atoms with Gasteiger partial charge in [-0.05, 0) is 34.0 Å². The number of fused-ring (bicyclic) bond motifs is 1. The molecule has 3 aromatic rings. The third-order valence-corrected chi connectivity index (χ3v) is 5.33. The molecule has 6 nitrogen and oxygen atoms in total. The Morgan fingerprint density at radius 2 is 1.69 bits per heavy atom. The summed E-state index contributed by atoms with van der Waals surface area (Å²) < 4.78 is 31.2. The number of rotatable bonds is 8. The molecule has 0 saturated heterocycles. The highest BCUT2D eigenvalue weighted by molar-refractivity contribution is 7.88. The molecule has 0 radical (unpaired) electrons. The summed E-state index contributed by atoms with van der Waals surface area (Å²) in [6, 6.07) is 20.2. The van der Waals surface area contributed by atoms with Crippen LogP contribution in [0.4, 0.5) is 0 Å². The van der Waals surface area contributed by atoms with E-state index < -0.39 is 16.1 Å². The van der Waals surface area contributed by atoms with Crippen LogP contribution in [0, 0.1) is 0 Å². The van der Waals surface area contributed by atoms with Crippen molar-refractivity contribution in [2.45, 2.75) is 19.0 Å². The van der Waals surface area contributed by atoms with Crippen LogP contribution in [0.3, 0.4) is 0 Å². The predicted molar refractivity (Wildman–Crippen MR) is 114 cm³/mol. The van der Waals surface area contributed by atoms with E-state index in [1.165, 1.54) is 0 Å². The maximum atomic E-state index is 12.6. The number of hydrogen-bond acceptors (Lipinski definition) is 4. The lowest BCUT2D eigenvalue weighted by Gasteiger charge is -2.18. The Hall–Kier alpha value is -2.90. The van der Waals surface area contributed by atoms with Gasteiger partial charge in [0.15, 0.2) is 0 Å². The fourth-order valence-corrected chi connectivity index (χ4v) is 3.96. The number of amides is 1. The van der Waals surface area contributed by atoms with E-state index in [4.69, 9.17) is 4.74 Å². The Morgan fingerprint density at radius 1 is 1.00 bits per heavy atom. The van der Waals surface area contributed by atoms with Crippen molar-refractivity contribution in [2.75, 3.05) is 13.4 Å². The summed E-state index contributed by atoms with van der Waals surface area (Å²) in [5.74, 6) is 0.419. The Labute approximate surface area is 170 Å². The predicted octanol–water partition coefficient (Wildman–Crippen LogP) is 3.15. The standard InChI is InChI=1S/C22H24N2O4S/c1-28-19-12-10-17(11-13-19)21(24-29(2,26)27)14-22(25)23-15-18-8-5-7-16-6-3-4-9-20(16)18/h3-13,21,24H,14-15H2,1-2H3,(H,23,25). The Balaban J connectivity index is 1.72. The number of ether oxygens (including phenoxy) is 1. The van der Waals surface area contributed by atoms with Crippen LogP contribution in [-0.2, 0) is 21.4 Å². The quantitative estimate of drug-likeness (QED) is 0.595. The van der Waals surface area contributed by atoms with Gasteiger partial charge in [0, 0.05) is 13.0 Å². The van der Waals surface area contributed by atoms with Gasteiger partial charge in [0.2, 0.25) is 15.9 Å². The maximum absolute atomic E-state index is 12.6. The third-order valence-electron chi connectivity index (χ3n) is 4.62. The maximum Gasteiger partial charge on any atom is 0.222 e. The zero-order chi connectivity index (χ0) is 20.9. The molecule has 3 aromatic carbocycles. The Kier molecular flexibility index (Phi) is 6.51. The van der Waals surface area contributed by atoms with Gasteiger partial charge in [-0.2, -0.15) is 0 Å². The molecular weight excluding hydrogens is 388 g/mol. The molecule has 3 rings (SSSR count). The molecule has 0 saturated carbocycles. The van der Waals surface area contributed by atoms with Crippen molar-refractivity contribution in [2.24, 2.45) is 0 Å². The van der Waals surface area contributed by atoms with Crippen LogP contribution < -0.4 is 14.8 Å². The number of sulfonamides is 1. The van der Waals surface area contributed by atoms with Gasteiger partial charge < -0.3 is 10.1 Å². The second kappa shape index (κ2) is 9.07. The van der Waals surface area contributed by atoms with E-state index in [1.54, 1.807) is 31.4 Å². The van der Waals surface area contributed by atoms with Crippen LogP contribution in [0.15, 0.2) is 66.7 Å². The van der Waals surface area contributed by atoms with E-state index in [2.05, 4.69) is 10.0 Å². The lowest BCUT2D eigenvalue weighted by molar-refractivity contribution is -0.121. The number of hydrogen-bond donors (Lipinski definition) is 2. The third kappa shape index (κ3) is 5.79. The molecule has 0 aliphatic carbocycles. The monoisotopic (exact) mass is 412 g/mol. The molecule has 7 heteroatoms. The number of carbonyl (C=O) groups excluding carboxylic acids is 1. The molecule has 1 unspecified atom stereocenters. The van der Waals surface area contributed by atoms with Crippen molar-refractivity contribution in [1.82, 2.24) is 10.0 Å². The first-order valence-electron chi connectivity index (χ1n) is 9.20. The molecule has 1 amide bonds. The molecule has 1 atom stereocenters. The molecule has 0 fully saturated rings. The lowest BCUT2D eigenvalue weighted by Crippen LogP contribution is -2.33. The molecule has 0 aromatic heterocycles. The zero-order valence-corrected chi connectivity index (χ0v) is 17.2. The minimum Gasteiger partial charge on any atom is -0.497 e. The van der Waals surface area contributed by atoms with Gasteiger partial charge in [-0.15, -0.1) is 0 Å². The highest BCUT2D eigenvalue weighted by atomic mass is 32.2. The molecule has 29 heavy (non-hydrogen) atoms. The van der Waals surface area contributed by atoms with Crippen molar-refractivity contribution in [1.29, 1.82) is 0 Å². The van der Waals surface area contributed by atoms with Gasteiger partial charge in [-0.1, -0.05) is 54.6 Å². The summed E-state index contributed by atoms with van der Waals surface area (Å²) in [6.07, 6.45) is 1.07. The number of nitrogens with one attached hydrogen (secondary N) is 2. The molecule has 152 valence electrons. The zero-order valence-electron chi connectivity index (χ0n) is 16.4. The number of carbonyl (C=O) groups is 1. The van der Waals surface area contributed by atoms with Gasteiger partial charge in [-0.3, -0.25) is 4.79 Å². The molecule has 0 aliphatic heterocycles. The van der Waals surface area contributed by atoms with E-state index in [-0.39, 0.29) is 12.3 Å². The molecule has 0 aliphatic rings. The van der Waals surface area contributed by atoms with Crippen LogP contribution in [0.2, 0.25) is 0 Å². The smallest absolute Gasteiger partial charge is 0.222 e. The summed E-state index contributed by atoms with van der Waals surface area (Å²) >= 11 is 0. The van der Waals surface area contributed by atoms with Gasteiger partial charge in [0.1, 0.15) is 5.75 Å². The van der Waals surface area contributed by atoms with E-state index in [0.717, 1.165) is 22.6 Å². The van der Waals surface area contributed by atoms with Crippen molar-refractivity contribution in [3.63, 3.8) is 0 Å². The minimum atomic E-state index is -3.49. The molecular formula is C22H24N2O4S. The van der Waals surface area contributed by atoms with Crippen molar-refractivity contribution >= 4 is 26.7 Å². The summed E-state index contributed by atoms with van der Waals surface area (Å²) in [7, 11) is -1.93. The van der Waals surface area contributed by atoms with Gasteiger partial charge in [0.25, 0.3) is 0 Å². The lowest BCUT2D eigenvalue weighted by atomic mass is 10.0. The summed E-state index contributed by atoms with van der Waals surface area (Å²) in [4.78, 5) is 12.6. The van der Waals surface area contributed by atoms with E-state index in [0.29, 0.717) is 17.9 Å². The largest absolute Gasteiger partial charge is 0.497 e. The van der Waals surface area contributed by atoms with Gasteiger partial charge in [0.05, 0.1) is 19.4 Å². The van der Waals surface area contributed by atoms with Crippen LogP contribution in [0.25, 0.3) is 10.8 Å². The van der Waals surface area contributed by atoms with Crippen LogP contribution in [-0.4, -0.2) is 27.7 Å². The molecule has 0 heterocycles. The van der Waals surface area contributed by atoms with E-state index in [1.807, 2.05) is 42.5 Å². The SMILES string of the molecule is COc1ccc(C(CC(=O)NCc2cccc3ccccc23)NS(C)(=O)=O)cc1. The Bertz CT molecular complexity index is 1090. The van der Waals surface area contributed by atoms with E-state index in [9.17, 15) is 13.2 Å². The number of benzene rings is 3. The summed E-state index contributed by atoms with van der Waals surface area (Å²) in [6.45, 7) is 0.369. The minimum absolute atomic E-state index is 0.00976. The molecule has 0 spiro atoms. The van der Waals surface area contributed by atoms with Crippen molar-refractivity contribution in [3.8, 4) is 5.75 Å². The van der Waals surface area contributed by atoms with Crippen molar-refractivity contribution in [3.05, 3.63) is 77.9 Å². The molecule has 2 N–H and O–H groups in total. The van der Waals surface area contributed by atoms with Crippen molar-refractivity contribution < 1.29 is 17.9 Å². The fraction of sp³-hybridized carbons (Fsp3) is 0.227. The molecule has 0 bridgehead atoms. The van der Waals surface area contributed by atoms with Gasteiger partial charge in [-0.25, -0.2) is 13.1 Å². The highest BCUT2D eigenvalue weighted by Crippen LogP contribution is 2.22.